The third-order valence-electron chi connectivity index (χ3n) is 3.35. The monoisotopic (exact) mass is 297 g/mol. The number of methoxy groups -OCH3 is 1. The van der Waals surface area contributed by atoms with Crippen molar-refractivity contribution in [1.29, 1.82) is 0 Å². The number of hydrogen-bond acceptors (Lipinski definition) is 5. The number of anilines is 2. The van der Waals surface area contributed by atoms with Gasteiger partial charge in [0, 0.05) is 36.3 Å². The molecule has 1 aliphatic heterocycles. The largest absolute Gasteiger partial charge is 0.495 e. The van der Waals surface area contributed by atoms with Gasteiger partial charge in [0.05, 0.1) is 28.6 Å². The minimum absolute atomic E-state index is 0.130. The summed E-state index contributed by atoms with van der Waals surface area (Å²) < 4.78 is 22.2. The van der Waals surface area contributed by atoms with Gasteiger partial charge < -0.3 is 15.4 Å². The molecule has 2 N–H and O–H groups in total. The van der Waals surface area contributed by atoms with Crippen molar-refractivity contribution in [3.63, 3.8) is 0 Å². The van der Waals surface area contributed by atoms with E-state index in [1.54, 1.807) is 7.11 Å². The molecule has 1 aromatic carbocycles. The molecule has 0 radical (unpaired) electrons. The highest BCUT2D eigenvalue weighted by Crippen LogP contribution is 2.28. The normalized spacial score (nSPS) is 18.1. The molecule has 6 heteroatoms. The summed E-state index contributed by atoms with van der Waals surface area (Å²) >= 11 is 0. The first-order valence-corrected chi connectivity index (χ1v) is 8.69. The molecule has 1 aromatic rings. The molecule has 1 saturated heterocycles. The Labute approximate surface area is 121 Å². The van der Waals surface area contributed by atoms with Crippen LogP contribution in [0.5, 0.6) is 5.75 Å². The van der Waals surface area contributed by atoms with Crippen LogP contribution in [0.25, 0.3) is 0 Å². The molecule has 0 saturated carbocycles. The van der Waals surface area contributed by atoms with E-state index in [9.17, 15) is 4.21 Å². The highest BCUT2D eigenvalue weighted by molar-refractivity contribution is 7.93. The van der Waals surface area contributed by atoms with E-state index >= 15 is 0 Å². The zero-order valence-electron chi connectivity index (χ0n) is 12.3. The molecular formula is C14H23N3O2S. The van der Waals surface area contributed by atoms with Gasteiger partial charge in [-0.25, -0.2) is 8.57 Å². The number of nitrogen functional groups attached to an aromatic ring is 1. The zero-order chi connectivity index (χ0) is 14.8. The fourth-order valence-electron chi connectivity index (χ4n) is 2.36. The van der Waals surface area contributed by atoms with Crippen LogP contribution in [0.1, 0.15) is 13.8 Å². The van der Waals surface area contributed by atoms with Gasteiger partial charge >= 0.3 is 0 Å². The maximum atomic E-state index is 12.5. The van der Waals surface area contributed by atoms with E-state index in [2.05, 4.69) is 9.26 Å². The van der Waals surface area contributed by atoms with Crippen LogP contribution < -0.4 is 15.4 Å². The van der Waals surface area contributed by atoms with E-state index in [0.29, 0.717) is 22.9 Å². The second-order valence-electron chi connectivity index (χ2n) is 5.29. The maximum absolute atomic E-state index is 12.5. The number of nitrogens with two attached hydrogens (primary N) is 1. The topological polar surface area (TPSA) is 67.9 Å². The summed E-state index contributed by atoms with van der Waals surface area (Å²) in [6, 6.07) is 5.89. The summed E-state index contributed by atoms with van der Waals surface area (Å²) in [5.41, 5.74) is 7.51. The number of rotatable bonds is 3. The molecule has 20 heavy (non-hydrogen) atoms. The van der Waals surface area contributed by atoms with Gasteiger partial charge in [0.15, 0.2) is 0 Å². The van der Waals surface area contributed by atoms with Crippen LogP contribution in [0, 0.1) is 0 Å². The summed E-state index contributed by atoms with van der Waals surface area (Å²) in [7, 11) is -0.416. The van der Waals surface area contributed by atoms with E-state index in [4.69, 9.17) is 10.5 Å². The van der Waals surface area contributed by atoms with Crippen LogP contribution in [0.2, 0.25) is 0 Å². The molecule has 2 rings (SSSR count). The third kappa shape index (κ3) is 3.36. The number of nitrogens with zero attached hydrogens (tertiary/aromatic N) is 2. The molecule has 0 amide bonds. The van der Waals surface area contributed by atoms with Crippen LogP contribution in [0.15, 0.2) is 22.6 Å². The Morgan fingerprint density at radius 1 is 1.35 bits per heavy atom. The number of ether oxygens (including phenoxy) is 1. The highest BCUT2D eigenvalue weighted by atomic mass is 32.2. The molecular weight excluding hydrogens is 274 g/mol. The summed E-state index contributed by atoms with van der Waals surface area (Å²) in [6.07, 6.45) is 0. The van der Waals surface area contributed by atoms with E-state index in [1.165, 1.54) is 0 Å². The average Bonchev–Trinajstić information content (AvgIpc) is 2.39. The lowest BCUT2D eigenvalue weighted by atomic mass is 10.2. The lowest BCUT2D eigenvalue weighted by Gasteiger charge is -2.31. The average molecular weight is 297 g/mol. The smallest absolute Gasteiger partial charge is 0.143 e. The van der Waals surface area contributed by atoms with Crippen molar-refractivity contribution in [2.24, 2.45) is 4.36 Å². The molecule has 1 fully saturated rings. The predicted octanol–water partition coefficient (Wildman–Crippen LogP) is 1.97. The summed E-state index contributed by atoms with van der Waals surface area (Å²) in [5.74, 6) is 1.93. The zero-order valence-corrected chi connectivity index (χ0v) is 13.2. The van der Waals surface area contributed by atoms with Gasteiger partial charge in [0.2, 0.25) is 0 Å². The van der Waals surface area contributed by atoms with Crippen molar-refractivity contribution in [2.75, 3.05) is 42.3 Å². The highest BCUT2D eigenvalue weighted by Gasteiger charge is 2.21. The lowest BCUT2D eigenvalue weighted by molar-refractivity contribution is 0.417. The minimum atomic E-state index is -2.03. The van der Waals surface area contributed by atoms with Gasteiger partial charge in [-0.2, -0.15) is 0 Å². The van der Waals surface area contributed by atoms with E-state index in [-0.39, 0.29) is 6.04 Å². The molecule has 0 spiro atoms. The molecule has 0 bridgehead atoms. The van der Waals surface area contributed by atoms with Crippen molar-refractivity contribution >= 4 is 21.1 Å². The Hall–Kier alpha value is -1.43. The SMILES string of the molecule is COc1cc(N2CCS(=O)(=NC(C)C)CC2)ccc1N. The molecule has 0 unspecified atom stereocenters. The van der Waals surface area contributed by atoms with Crippen LogP contribution >= 0.6 is 0 Å². The number of hydrogen-bond donors (Lipinski definition) is 1. The molecule has 112 valence electrons. The molecule has 5 nitrogen and oxygen atoms in total. The Morgan fingerprint density at radius 3 is 2.55 bits per heavy atom. The van der Waals surface area contributed by atoms with Gasteiger partial charge in [-0.3, -0.25) is 0 Å². The Kier molecular flexibility index (Phi) is 4.42. The Bertz CT molecular complexity index is 578. The second kappa shape index (κ2) is 5.91. The minimum Gasteiger partial charge on any atom is -0.495 e. The van der Waals surface area contributed by atoms with E-state index in [1.807, 2.05) is 32.0 Å². The van der Waals surface area contributed by atoms with Crippen molar-refractivity contribution in [1.82, 2.24) is 0 Å². The first-order chi connectivity index (χ1) is 9.43. The third-order valence-corrected chi connectivity index (χ3v) is 5.79. The number of benzene rings is 1. The van der Waals surface area contributed by atoms with E-state index < -0.39 is 9.73 Å². The van der Waals surface area contributed by atoms with Crippen molar-refractivity contribution in [2.45, 2.75) is 19.9 Å². The quantitative estimate of drug-likeness (QED) is 0.866. The lowest BCUT2D eigenvalue weighted by Crippen LogP contribution is -2.40. The van der Waals surface area contributed by atoms with Gasteiger partial charge in [-0.05, 0) is 26.0 Å². The fourth-order valence-corrected chi connectivity index (χ4v) is 4.56. The summed E-state index contributed by atoms with van der Waals surface area (Å²) in [6.45, 7) is 5.46. The van der Waals surface area contributed by atoms with Crippen molar-refractivity contribution in [3.05, 3.63) is 18.2 Å². The van der Waals surface area contributed by atoms with Crippen LogP contribution in [0.4, 0.5) is 11.4 Å². The van der Waals surface area contributed by atoms with E-state index in [0.717, 1.165) is 18.8 Å². The summed E-state index contributed by atoms with van der Waals surface area (Å²) in [4.78, 5) is 2.21. The first-order valence-electron chi connectivity index (χ1n) is 6.83. The molecule has 0 atom stereocenters. The molecule has 1 heterocycles. The van der Waals surface area contributed by atoms with Gasteiger partial charge in [-0.15, -0.1) is 0 Å². The maximum Gasteiger partial charge on any atom is 0.143 e. The van der Waals surface area contributed by atoms with Gasteiger partial charge in [0.1, 0.15) is 5.75 Å². The summed E-state index contributed by atoms with van der Waals surface area (Å²) in [5, 5.41) is 0. The fraction of sp³-hybridized carbons (Fsp3) is 0.571. The standard InChI is InChI=1S/C14H23N3O2S/c1-11(2)16-20(18)8-6-17(7-9-20)12-4-5-13(15)14(10-12)19-3/h4-5,10-11H,6-9,15H2,1-3H3. The van der Waals surface area contributed by atoms with Crippen molar-refractivity contribution in [3.8, 4) is 5.75 Å². The molecule has 1 aliphatic rings. The molecule has 0 aliphatic carbocycles. The van der Waals surface area contributed by atoms with Crippen LogP contribution in [-0.4, -0.2) is 42.0 Å². The Balaban J connectivity index is 2.13. The second-order valence-corrected chi connectivity index (χ2v) is 7.87. The molecule has 0 aromatic heterocycles. The van der Waals surface area contributed by atoms with Crippen LogP contribution in [-0.2, 0) is 9.73 Å². The first kappa shape index (κ1) is 15.0. The van der Waals surface area contributed by atoms with Crippen LogP contribution in [0.3, 0.4) is 0 Å². The Morgan fingerprint density at radius 2 is 2.00 bits per heavy atom. The predicted molar refractivity (Wildman–Crippen MR) is 85.1 cm³/mol. The van der Waals surface area contributed by atoms with Gasteiger partial charge in [0.25, 0.3) is 0 Å². The van der Waals surface area contributed by atoms with Crippen molar-refractivity contribution < 1.29 is 8.95 Å². The van der Waals surface area contributed by atoms with Gasteiger partial charge in [-0.1, -0.05) is 0 Å².